The molecule has 1 fully saturated rings. The third kappa shape index (κ3) is 3.85. The molecule has 0 spiro atoms. The number of benzene rings is 1. The van der Waals surface area contributed by atoms with Gasteiger partial charge in [-0.05, 0) is 42.4 Å². The van der Waals surface area contributed by atoms with Crippen LogP contribution < -0.4 is 0 Å². The van der Waals surface area contributed by atoms with Gasteiger partial charge in [0.05, 0.1) is 6.61 Å². The minimum Gasteiger partial charge on any atom is -0.368 e. The molecule has 0 saturated carbocycles. The molecule has 0 N–H and O–H groups in total. The summed E-state index contributed by atoms with van der Waals surface area (Å²) < 4.78 is 5.41. The highest BCUT2D eigenvalue weighted by atomic mass is 16.6. The van der Waals surface area contributed by atoms with E-state index in [-0.39, 0.29) is 0 Å². The standard InChI is InChI=1S/C16H24O/c1-3-5-7-13-9-14(8-6-4-2)11-15(10-13)16-12-17-16/h9-11,16H,3-8,12H2,1-2H3. The number of ether oxygens (including phenoxy) is 1. The molecule has 0 aliphatic carbocycles. The van der Waals surface area contributed by atoms with Crippen LogP contribution >= 0.6 is 0 Å². The zero-order valence-electron chi connectivity index (χ0n) is 11.2. The van der Waals surface area contributed by atoms with Crippen LogP contribution in [0.4, 0.5) is 0 Å². The largest absolute Gasteiger partial charge is 0.368 e. The van der Waals surface area contributed by atoms with Gasteiger partial charge in [0.2, 0.25) is 0 Å². The maximum atomic E-state index is 5.41. The van der Waals surface area contributed by atoms with Gasteiger partial charge in [0.25, 0.3) is 0 Å². The Bertz CT molecular complexity index is 326. The molecule has 1 saturated heterocycles. The van der Waals surface area contributed by atoms with Gasteiger partial charge < -0.3 is 4.74 Å². The number of epoxide rings is 1. The van der Waals surface area contributed by atoms with E-state index in [0.29, 0.717) is 6.10 Å². The molecule has 1 aliphatic heterocycles. The quantitative estimate of drug-likeness (QED) is 0.633. The second-order valence-corrected chi connectivity index (χ2v) is 5.11. The minimum atomic E-state index is 0.400. The first-order valence-corrected chi connectivity index (χ1v) is 7.07. The summed E-state index contributed by atoms with van der Waals surface area (Å²) in [4.78, 5) is 0. The molecule has 1 unspecified atom stereocenters. The van der Waals surface area contributed by atoms with Gasteiger partial charge in [-0.2, -0.15) is 0 Å². The van der Waals surface area contributed by atoms with Crippen LogP contribution in [-0.2, 0) is 17.6 Å². The molecule has 0 radical (unpaired) electrons. The molecule has 1 nitrogen and oxygen atoms in total. The Balaban J connectivity index is 2.10. The van der Waals surface area contributed by atoms with E-state index < -0.39 is 0 Å². The predicted octanol–water partition coefficient (Wildman–Crippen LogP) is 4.44. The fourth-order valence-corrected chi connectivity index (χ4v) is 2.27. The van der Waals surface area contributed by atoms with Crippen molar-refractivity contribution in [3.63, 3.8) is 0 Å². The lowest BCUT2D eigenvalue weighted by atomic mass is 9.97. The van der Waals surface area contributed by atoms with Crippen molar-refractivity contribution < 1.29 is 4.74 Å². The molecule has 1 aromatic carbocycles. The Morgan fingerprint density at radius 1 is 1.00 bits per heavy atom. The number of hydrogen-bond donors (Lipinski definition) is 0. The van der Waals surface area contributed by atoms with Crippen molar-refractivity contribution in [1.82, 2.24) is 0 Å². The first-order chi connectivity index (χ1) is 8.33. The minimum absolute atomic E-state index is 0.400. The summed E-state index contributed by atoms with van der Waals surface area (Å²) in [6.45, 7) is 5.43. The van der Waals surface area contributed by atoms with E-state index in [1.54, 1.807) is 0 Å². The zero-order valence-corrected chi connectivity index (χ0v) is 11.2. The van der Waals surface area contributed by atoms with Crippen LogP contribution in [0.2, 0.25) is 0 Å². The summed E-state index contributed by atoms with van der Waals surface area (Å²) in [6.07, 6.45) is 7.97. The van der Waals surface area contributed by atoms with Crippen molar-refractivity contribution in [3.8, 4) is 0 Å². The zero-order chi connectivity index (χ0) is 12.1. The molecule has 1 aliphatic rings. The number of rotatable bonds is 7. The van der Waals surface area contributed by atoms with Gasteiger partial charge in [0.15, 0.2) is 0 Å². The van der Waals surface area contributed by atoms with Gasteiger partial charge in [-0.25, -0.2) is 0 Å². The van der Waals surface area contributed by atoms with E-state index in [4.69, 9.17) is 4.74 Å². The molecule has 1 heteroatoms. The van der Waals surface area contributed by atoms with Gasteiger partial charge in [0.1, 0.15) is 6.10 Å². The van der Waals surface area contributed by atoms with Crippen molar-refractivity contribution in [2.24, 2.45) is 0 Å². The van der Waals surface area contributed by atoms with E-state index in [2.05, 4.69) is 32.0 Å². The topological polar surface area (TPSA) is 12.5 Å². The summed E-state index contributed by atoms with van der Waals surface area (Å²) in [5.41, 5.74) is 4.42. The predicted molar refractivity (Wildman–Crippen MR) is 72.4 cm³/mol. The normalized spacial score (nSPS) is 18.4. The smallest absolute Gasteiger partial charge is 0.106 e. The fraction of sp³-hybridized carbons (Fsp3) is 0.625. The van der Waals surface area contributed by atoms with Crippen molar-refractivity contribution in [3.05, 3.63) is 34.9 Å². The maximum absolute atomic E-state index is 5.41. The summed E-state index contributed by atoms with van der Waals surface area (Å²) in [6, 6.07) is 7.10. The van der Waals surface area contributed by atoms with Crippen molar-refractivity contribution in [1.29, 1.82) is 0 Å². The molecule has 94 valence electrons. The molecular weight excluding hydrogens is 208 g/mol. The molecule has 1 atom stereocenters. The van der Waals surface area contributed by atoms with Crippen LogP contribution in [0.3, 0.4) is 0 Å². The summed E-state index contributed by atoms with van der Waals surface area (Å²) >= 11 is 0. The Labute approximate surface area is 105 Å². The van der Waals surface area contributed by atoms with Gasteiger partial charge in [0, 0.05) is 0 Å². The molecule has 1 aromatic rings. The molecule has 17 heavy (non-hydrogen) atoms. The number of hydrogen-bond acceptors (Lipinski definition) is 1. The summed E-state index contributed by atoms with van der Waals surface area (Å²) in [5, 5.41) is 0. The van der Waals surface area contributed by atoms with Crippen LogP contribution in [0.1, 0.15) is 62.3 Å². The second kappa shape index (κ2) is 6.20. The Kier molecular flexibility index (Phi) is 4.61. The molecular formula is C16H24O. The fourth-order valence-electron chi connectivity index (χ4n) is 2.27. The van der Waals surface area contributed by atoms with E-state index in [0.717, 1.165) is 6.61 Å². The van der Waals surface area contributed by atoms with Crippen LogP contribution in [0.5, 0.6) is 0 Å². The van der Waals surface area contributed by atoms with Crippen LogP contribution in [0.25, 0.3) is 0 Å². The van der Waals surface area contributed by atoms with E-state index in [1.807, 2.05) is 0 Å². The van der Waals surface area contributed by atoms with Crippen molar-refractivity contribution in [2.75, 3.05) is 6.61 Å². The van der Waals surface area contributed by atoms with Crippen LogP contribution in [0.15, 0.2) is 18.2 Å². The molecule has 0 amide bonds. The lowest BCUT2D eigenvalue weighted by molar-refractivity contribution is 0.415. The van der Waals surface area contributed by atoms with E-state index in [9.17, 15) is 0 Å². The third-order valence-corrected chi connectivity index (χ3v) is 3.42. The molecule has 1 heterocycles. The van der Waals surface area contributed by atoms with Crippen molar-refractivity contribution >= 4 is 0 Å². The van der Waals surface area contributed by atoms with E-state index >= 15 is 0 Å². The lowest BCUT2D eigenvalue weighted by Crippen LogP contribution is -1.94. The molecule has 2 rings (SSSR count). The molecule has 0 aromatic heterocycles. The monoisotopic (exact) mass is 232 g/mol. The second-order valence-electron chi connectivity index (χ2n) is 5.11. The van der Waals surface area contributed by atoms with Crippen LogP contribution in [-0.4, -0.2) is 6.61 Å². The summed E-state index contributed by atoms with van der Waals surface area (Å²) in [5.74, 6) is 0. The first-order valence-electron chi connectivity index (χ1n) is 7.07. The number of unbranched alkanes of at least 4 members (excludes halogenated alkanes) is 2. The van der Waals surface area contributed by atoms with E-state index in [1.165, 1.54) is 55.2 Å². The lowest BCUT2D eigenvalue weighted by Gasteiger charge is -2.08. The Morgan fingerprint density at radius 3 is 1.94 bits per heavy atom. The Hall–Kier alpha value is -0.820. The summed E-state index contributed by atoms with van der Waals surface area (Å²) in [7, 11) is 0. The van der Waals surface area contributed by atoms with Gasteiger partial charge >= 0.3 is 0 Å². The highest BCUT2D eigenvalue weighted by molar-refractivity contribution is 5.33. The number of aryl methyl sites for hydroxylation is 2. The van der Waals surface area contributed by atoms with Gasteiger partial charge in [-0.1, -0.05) is 44.9 Å². The van der Waals surface area contributed by atoms with Gasteiger partial charge in [-0.3, -0.25) is 0 Å². The highest BCUT2D eigenvalue weighted by Gasteiger charge is 2.25. The average molecular weight is 232 g/mol. The SMILES string of the molecule is CCCCc1cc(CCCC)cc(C2CO2)c1. The van der Waals surface area contributed by atoms with Crippen molar-refractivity contribution in [2.45, 2.75) is 58.5 Å². The van der Waals surface area contributed by atoms with Gasteiger partial charge in [-0.15, -0.1) is 0 Å². The third-order valence-electron chi connectivity index (χ3n) is 3.42. The van der Waals surface area contributed by atoms with Crippen LogP contribution in [0, 0.1) is 0 Å². The average Bonchev–Trinajstić information content (AvgIpc) is 3.18. The first kappa shape index (κ1) is 12.6. The Morgan fingerprint density at radius 2 is 1.53 bits per heavy atom. The molecule has 0 bridgehead atoms. The highest BCUT2D eigenvalue weighted by Crippen LogP contribution is 2.31. The maximum Gasteiger partial charge on any atom is 0.106 e.